The fourth-order valence-corrected chi connectivity index (χ4v) is 5.65. The Morgan fingerprint density at radius 1 is 1.00 bits per heavy atom. The highest BCUT2D eigenvalue weighted by atomic mass is 32.1. The standard InChI is InChI=1S/C31H29FN4O2S/c1-5-21-8-7-9-22(6-2)27(21)36-28(30-34-19(4)17-39-30)35-29(37)25(31(36)38)14-20-10-11-24(26(32)15-20)23-12-13-33-16-18(23)3/h7-13,15-17,38H,5-6,14H2,1-4H3. The number of aromatic hydroxyl groups is 1. The molecule has 5 aromatic rings. The molecule has 6 nitrogen and oxygen atoms in total. The maximum atomic E-state index is 15.3. The van der Waals surface area contributed by atoms with Crippen molar-refractivity contribution < 1.29 is 9.50 Å². The zero-order chi connectivity index (χ0) is 27.7. The van der Waals surface area contributed by atoms with E-state index < -0.39 is 11.4 Å². The second kappa shape index (κ2) is 10.9. The molecule has 0 saturated heterocycles. The zero-order valence-corrected chi connectivity index (χ0v) is 23.1. The average Bonchev–Trinajstić information content (AvgIpc) is 3.37. The van der Waals surface area contributed by atoms with Crippen LogP contribution < -0.4 is 5.56 Å². The summed E-state index contributed by atoms with van der Waals surface area (Å²) in [4.78, 5) is 26.4. The fourth-order valence-electron chi connectivity index (χ4n) is 4.88. The van der Waals surface area contributed by atoms with Gasteiger partial charge in [-0.1, -0.05) is 44.2 Å². The van der Waals surface area contributed by atoms with Crippen molar-refractivity contribution in [3.63, 3.8) is 0 Å². The molecule has 0 spiro atoms. The van der Waals surface area contributed by atoms with E-state index in [1.54, 1.807) is 35.2 Å². The summed E-state index contributed by atoms with van der Waals surface area (Å²) in [6.45, 7) is 7.86. The van der Waals surface area contributed by atoms with Crippen LogP contribution in [0.15, 0.2) is 65.0 Å². The van der Waals surface area contributed by atoms with Gasteiger partial charge in [0.2, 0.25) is 5.88 Å². The summed E-state index contributed by atoms with van der Waals surface area (Å²) in [5.74, 6) is -0.318. The van der Waals surface area contributed by atoms with Crippen LogP contribution in [0.25, 0.3) is 27.6 Å². The quantitative estimate of drug-likeness (QED) is 0.252. The Bertz CT molecular complexity index is 1720. The molecule has 0 atom stereocenters. The summed E-state index contributed by atoms with van der Waals surface area (Å²) >= 11 is 1.37. The number of rotatable bonds is 7. The Morgan fingerprint density at radius 3 is 2.36 bits per heavy atom. The summed E-state index contributed by atoms with van der Waals surface area (Å²) in [5.41, 5.74) is 5.80. The van der Waals surface area contributed by atoms with E-state index >= 15 is 4.39 Å². The van der Waals surface area contributed by atoms with E-state index in [0.717, 1.165) is 46.5 Å². The molecule has 39 heavy (non-hydrogen) atoms. The molecular formula is C31H29FN4O2S. The minimum atomic E-state index is -0.562. The highest BCUT2D eigenvalue weighted by Crippen LogP contribution is 2.34. The van der Waals surface area contributed by atoms with Crippen molar-refractivity contribution in [3.05, 3.63) is 110 Å². The van der Waals surface area contributed by atoms with Gasteiger partial charge >= 0.3 is 0 Å². The number of thiazole rings is 1. The van der Waals surface area contributed by atoms with Crippen LogP contribution in [0.2, 0.25) is 0 Å². The third-order valence-electron chi connectivity index (χ3n) is 6.88. The molecule has 1 N–H and O–H groups in total. The minimum absolute atomic E-state index is 0.0249. The number of aromatic nitrogens is 4. The Labute approximate surface area is 230 Å². The topological polar surface area (TPSA) is 80.9 Å². The molecule has 3 heterocycles. The van der Waals surface area contributed by atoms with E-state index in [1.807, 2.05) is 51.3 Å². The largest absolute Gasteiger partial charge is 0.494 e. The molecular weight excluding hydrogens is 511 g/mol. The number of para-hydroxylation sites is 1. The van der Waals surface area contributed by atoms with Gasteiger partial charge in [-0.25, -0.2) is 9.37 Å². The molecule has 198 valence electrons. The molecule has 0 aliphatic carbocycles. The van der Waals surface area contributed by atoms with Gasteiger partial charge in [0.15, 0.2) is 10.8 Å². The van der Waals surface area contributed by atoms with E-state index in [4.69, 9.17) is 0 Å². The number of nitrogens with zero attached hydrogens (tertiary/aromatic N) is 4. The number of hydrogen-bond acceptors (Lipinski definition) is 6. The maximum absolute atomic E-state index is 15.3. The highest BCUT2D eigenvalue weighted by molar-refractivity contribution is 7.13. The SMILES string of the molecule is CCc1cccc(CC)c1-n1c(-c2nc(C)cs2)nc(=O)c(Cc2ccc(-c3ccncc3C)c(F)c2)c1O. The molecule has 8 heteroatoms. The average molecular weight is 541 g/mol. The highest BCUT2D eigenvalue weighted by Gasteiger charge is 2.24. The van der Waals surface area contributed by atoms with Gasteiger partial charge in [0, 0.05) is 35.5 Å². The van der Waals surface area contributed by atoms with Crippen LogP contribution in [-0.2, 0) is 19.3 Å². The van der Waals surface area contributed by atoms with Crippen LogP contribution in [0.4, 0.5) is 4.39 Å². The molecule has 3 aromatic heterocycles. The first kappa shape index (κ1) is 26.4. The van der Waals surface area contributed by atoms with Crippen LogP contribution >= 0.6 is 11.3 Å². The molecule has 0 unspecified atom stereocenters. The van der Waals surface area contributed by atoms with Gasteiger partial charge in [-0.05, 0) is 66.6 Å². The molecule has 0 saturated carbocycles. The van der Waals surface area contributed by atoms with Crippen molar-refractivity contribution in [1.29, 1.82) is 0 Å². The summed E-state index contributed by atoms with van der Waals surface area (Å²) < 4.78 is 16.9. The van der Waals surface area contributed by atoms with Crippen LogP contribution in [0, 0.1) is 19.7 Å². The summed E-state index contributed by atoms with van der Waals surface area (Å²) in [6, 6.07) is 12.7. The molecule has 2 aromatic carbocycles. The third kappa shape index (κ3) is 5.00. The lowest BCUT2D eigenvalue weighted by Crippen LogP contribution is -2.21. The second-order valence-electron chi connectivity index (χ2n) is 9.49. The summed E-state index contributed by atoms with van der Waals surface area (Å²) in [6.07, 6.45) is 4.80. The normalized spacial score (nSPS) is 11.2. The molecule has 0 radical (unpaired) electrons. The Hall–Kier alpha value is -4.17. The number of benzene rings is 2. The van der Waals surface area contributed by atoms with Crippen LogP contribution in [0.1, 0.15) is 47.4 Å². The minimum Gasteiger partial charge on any atom is -0.494 e. The van der Waals surface area contributed by atoms with Crippen molar-refractivity contribution in [1.82, 2.24) is 19.5 Å². The molecule has 0 aliphatic rings. The summed E-state index contributed by atoms with van der Waals surface area (Å²) in [7, 11) is 0. The first-order chi connectivity index (χ1) is 18.8. The number of hydrogen-bond donors (Lipinski definition) is 1. The number of pyridine rings is 1. The van der Waals surface area contributed by atoms with Crippen LogP contribution in [0.3, 0.4) is 0 Å². The van der Waals surface area contributed by atoms with E-state index in [-0.39, 0.29) is 17.9 Å². The van der Waals surface area contributed by atoms with Gasteiger partial charge in [0.1, 0.15) is 5.82 Å². The van der Waals surface area contributed by atoms with E-state index in [0.29, 0.717) is 22.0 Å². The molecule has 0 fully saturated rings. The lowest BCUT2D eigenvalue weighted by Gasteiger charge is -2.21. The van der Waals surface area contributed by atoms with Gasteiger partial charge < -0.3 is 5.11 Å². The molecule has 0 amide bonds. The third-order valence-corrected chi connectivity index (χ3v) is 7.84. The second-order valence-corrected chi connectivity index (χ2v) is 10.3. The predicted octanol–water partition coefficient (Wildman–Crippen LogP) is 6.60. The smallest absolute Gasteiger partial charge is 0.280 e. The molecule has 5 rings (SSSR count). The fraction of sp³-hybridized carbons (Fsp3) is 0.226. The van der Waals surface area contributed by atoms with Crippen molar-refractivity contribution in [2.75, 3.05) is 0 Å². The lowest BCUT2D eigenvalue weighted by atomic mass is 9.98. The molecule has 0 bridgehead atoms. The van der Waals surface area contributed by atoms with Gasteiger partial charge in [0.25, 0.3) is 5.56 Å². The lowest BCUT2D eigenvalue weighted by molar-refractivity contribution is 0.429. The van der Waals surface area contributed by atoms with Gasteiger partial charge in [-0.2, -0.15) is 4.98 Å². The van der Waals surface area contributed by atoms with Crippen LogP contribution in [0.5, 0.6) is 5.88 Å². The van der Waals surface area contributed by atoms with Gasteiger partial charge in [-0.3, -0.25) is 14.3 Å². The van der Waals surface area contributed by atoms with Crippen molar-refractivity contribution >= 4 is 11.3 Å². The maximum Gasteiger partial charge on any atom is 0.280 e. The van der Waals surface area contributed by atoms with Gasteiger partial charge in [0.05, 0.1) is 11.3 Å². The number of aryl methyl sites for hydroxylation is 4. The van der Waals surface area contributed by atoms with Crippen LogP contribution in [-0.4, -0.2) is 24.6 Å². The monoisotopic (exact) mass is 540 g/mol. The number of halogens is 1. The van der Waals surface area contributed by atoms with E-state index in [1.165, 1.54) is 17.4 Å². The Morgan fingerprint density at radius 2 is 1.74 bits per heavy atom. The first-order valence-electron chi connectivity index (χ1n) is 12.9. The van der Waals surface area contributed by atoms with E-state index in [2.05, 4.69) is 15.0 Å². The van der Waals surface area contributed by atoms with Crippen molar-refractivity contribution in [2.45, 2.75) is 47.0 Å². The summed E-state index contributed by atoms with van der Waals surface area (Å²) in [5, 5.41) is 14.1. The van der Waals surface area contributed by atoms with E-state index in [9.17, 15) is 9.90 Å². The zero-order valence-electron chi connectivity index (χ0n) is 22.3. The first-order valence-corrected chi connectivity index (χ1v) is 13.8. The Kier molecular flexibility index (Phi) is 7.39. The van der Waals surface area contributed by atoms with Crippen molar-refractivity contribution in [2.24, 2.45) is 0 Å². The Balaban J connectivity index is 1.68. The predicted molar refractivity (Wildman–Crippen MR) is 153 cm³/mol. The van der Waals surface area contributed by atoms with Gasteiger partial charge in [-0.15, -0.1) is 11.3 Å². The van der Waals surface area contributed by atoms with Crippen molar-refractivity contribution in [3.8, 4) is 33.5 Å². The molecule has 0 aliphatic heterocycles.